The van der Waals surface area contributed by atoms with Gasteiger partial charge < -0.3 is 37.2 Å². The zero-order chi connectivity index (χ0) is 20.1. The van der Waals surface area contributed by atoms with E-state index < -0.39 is 0 Å². The Bertz CT molecular complexity index is 973. The fourth-order valence-electron chi connectivity index (χ4n) is 4.73. The van der Waals surface area contributed by atoms with Crippen LogP contribution in [-0.4, -0.2) is 0 Å². The van der Waals surface area contributed by atoms with Crippen LogP contribution in [0.4, 0.5) is 0 Å². The van der Waals surface area contributed by atoms with Crippen LogP contribution in [-0.2, 0) is 25.9 Å². The largest absolute Gasteiger partial charge is 1.00 e. The minimum Gasteiger partial charge on any atom is -1.00 e. The molecule has 0 unspecified atom stereocenters. The molecule has 164 valence electrons. The Balaban J connectivity index is 0.00000171. The van der Waals surface area contributed by atoms with E-state index in [4.69, 9.17) is 0 Å². The van der Waals surface area contributed by atoms with E-state index in [-0.39, 0.29) is 42.6 Å². The van der Waals surface area contributed by atoms with E-state index in [9.17, 15) is 0 Å². The van der Waals surface area contributed by atoms with Gasteiger partial charge in [-0.1, -0.05) is 0 Å². The van der Waals surface area contributed by atoms with Crippen LogP contribution in [0.1, 0.15) is 49.3 Å². The summed E-state index contributed by atoms with van der Waals surface area (Å²) in [6.07, 6.45) is 6.97. The number of rotatable bonds is 7. The molecule has 3 aromatic carbocycles. The molecule has 0 spiro atoms. The zero-order valence-corrected chi connectivity index (χ0v) is 22.0. The van der Waals surface area contributed by atoms with Crippen molar-refractivity contribution in [2.24, 2.45) is 0 Å². The predicted molar refractivity (Wildman–Crippen MR) is 119 cm³/mol. The van der Waals surface area contributed by atoms with Crippen molar-refractivity contribution in [2.75, 3.05) is 0 Å². The van der Waals surface area contributed by atoms with Crippen LogP contribution in [0.25, 0.3) is 5.57 Å². The summed E-state index contributed by atoms with van der Waals surface area (Å²) in [6.45, 7) is 2.30. The molecule has 1 aliphatic rings. The van der Waals surface area contributed by atoms with Crippen LogP contribution in [0.2, 0.25) is 0 Å². The maximum absolute atomic E-state index is 2.42. The Labute approximate surface area is 223 Å². The predicted octanol–water partition coefficient (Wildman–Crippen LogP) is -1.54. The third-order valence-corrected chi connectivity index (χ3v) is 6.81. The summed E-state index contributed by atoms with van der Waals surface area (Å²) in [5.41, 5.74) is 7.04. The van der Waals surface area contributed by atoms with Gasteiger partial charge >= 0.3 is 187 Å². The molecule has 0 saturated heterocycles. The van der Waals surface area contributed by atoms with Gasteiger partial charge in [0.2, 0.25) is 0 Å². The molecule has 4 heteroatoms. The monoisotopic (exact) mass is 516 g/mol. The molecule has 0 radical (unpaired) electrons. The Morgan fingerprint density at radius 1 is 0.719 bits per heavy atom. The summed E-state index contributed by atoms with van der Waals surface area (Å²) in [4.78, 5) is 0. The van der Waals surface area contributed by atoms with E-state index in [0.717, 1.165) is 12.8 Å². The summed E-state index contributed by atoms with van der Waals surface area (Å²) >= 11 is 2.27. The number of unbranched alkanes of at least 4 members (excludes halogenated alkanes) is 1. The van der Waals surface area contributed by atoms with Crippen molar-refractivity contribution < 1.29 is 57.7 Å². The molecule has 0 atom stereocenters. The Hall–Kier alpha value is -1.28. The topological polar surface area (TPSA) is 0 Å². The van der Waals surface area contributed by atoms with Crippen molar-refractivity contribution in [3.05, 3.63) is 123 Å². The quantitative estimate of drug-likeness (QED) is 0.334. The van der Waals surface area contributed by atoms with Crippen molar-refractivity contribution in [2.45, 2.75) is 38.0 Å². The van der Waals surface area contributed by atoms with E-state index in [1.54, 1.807) is 5.57 Å². The molecule has 1 aliphatic carbocycles. The van der Waals surface area contributed by atoms with Crippen LogP contribution in [0.3, 0.4) is 0 Å². The van der Waals surface area contributed by atoms with Crippen molar-refractivity contribution in [3.8, 4) is 0 Å². The standard InChI is InChI=1S/C28H27.3ClH.Ti/c1-2-3-22-28(24-16-9-5-10-17-24,25-18-11-6-12-19-25)27-21-13-20-26(27)23-14-7-4-8-15-23;;;;/h4-19H,2-3,21-22H2,1H3;3*1H;/q;;;;+3/p-3. The zero-order valence-electron chi connectivity index (χ0n) is 18.2. The molecule has 0 amide bonds. The minimum absolute atomic E-state index is 0. The van der Waals surface area contributed by atoms with E-state index in [0.29, 0.717) is 0 Å². The third kappa shape index (κ3) is 5.61. The van der Waals surface area contributed by atoms with Gasteiger partial charge in [-0.25, -0.2) is 0 Å². The Morgan fingerprint density at radius 2 is 1.19 bits per heavy atom. The molecule has 0 N–H and O–H groups in total. The van der Waals surface area contributed by atoms with Crippen molar-refractivity contribution in [1.29, 1.82) is 0 Å². The SMILES string of the molecule is CCCCC(C1=C(c2ccccc2)[C]([Ti+3])=CC1)(c1ccccc1)c1ccccc1.[Cl-].[Cl-].[Cl-]. The first-order chi connectivity index (χ1) is 14.3. The van der Waals surface area contributed by atoms with Crippen molar-refractivity contribution in [3.63, 3.8) is 0 Å². The summed E-state index contributed by atoms with van der Waals surface area (Å²) in [5, 5.41) is 0. The second-order valence-electron chi connectivity index (χ2n) is 7.78. The molecule has 0 aliphatic heterocycles. The van der Waals surface area contributed by atoms with Crippen molar-refractivity contribution >= 4 is 5.57 Å². The average molecular weight is 518 g/mol. The smallest absolute Gasteiger partial charge is 1.00 e. The van der Waals surface area contributed by atoms with E-state index in [2.05, 4.69) is 124 Å². The van der Waals surface area contributed by atoms with Crippen LogP contribution >= 0.6 is 0 Å². The summed E-state index contributed by atoms with van der Waals surface area (Å²) in [5.74, 6) is 0. The Kier molecular flexibility index (Phi) is 12.1. The summed E-state index contributed by atoms with van der Waals surface area (Å²) in [6, 6.07) is 33.3. The van der Waals surface area contributed by atoms with Gasteiger partial charge in [0.25, 0.3) is 0 Å². The third-order valence-electron chi connectivity index (χ3n) is 6.10. The van der Waals surface area contributed by atoms with Gasteiger partial charge in [0, 0.05) is 0 Å². The van der Waals surface area contributed by atoms with Crippen LogP contribution in [0.5, 0.6) is 0 Å². The van der Waals surface area contributed by atoms with E-state index >= 15 is 0 Å². The molecule has 0 nitrogen and oxygen atoms in total. The molecule has 0 aromatic heterocycles. The van der Waals surface area contributed by atoms with E-state index in [1.807, 2.05) is 0 Å². The van der Waals surface area contributed by atoms with Crippen LogP contribution in [0, 0.1) is 0 Å². The fourth-order valence-corrected chi connectivity index (χ4v) is 5.36. The van der Waals surface area contributed by atoms with E-state index in [1.165, 1.54) is 39.0 Å². The second kappa shape index (κ2) is 13.4. The summed E-state index contributed by atoms with van der Waals surface area (Å²) in [7, 11) is 0. The average Bonchev–Trinajstić information content (AvgIpc) is 3.18. The van der Waals surface area contributed by atoms with Gasteiger partial charge in [-0.05, 0) is 0 Å². The van der Waals surface area contributed by atoms with Crippen LogP contribution < -0.4 is 37.2 Å². The number of hydrogen-bond acceptors (Lipinski definition) is 0. The number of benzene rings is 3. The van der Waals surface area contributed by atoms with Gasteiger partial charge in [-0.3, -0.25) is 0 Å². The molecular formula is C28H27Cl3Ti. The minimum atomic E-state index is -0.0992. The molecule has 4 rings (SSSR count). The van der Waals surface area contributed by atoms with Crippen LogP contribution in [0.15, 0.2) is 107 Å². The maximum atomic E-state index is 2.42. The van der Waals surface area contributed by atoms with Gasteiger partial charge in [-0.15, -0.1) is 0 Å². The first kappa shape index (κ1) is 28.8. The number of allylic oxidation sites excluding steroid dienone is 4. The molecule has 0 bridgehead atoms. The first-order valence-electron chi connectivity index (χ1n) is 10.6. The molecule has 0 saturated carbocycles. The molecule has 0 fully saturated rings. The first-order valence-corrected chi connectivity index (χ1v) is 11.4. The fraction of sp³-hybridized carbons (Fsp3) is 0.214. The molecule has 3 aromatic rings. The summed E-state index contributed by atoms with van der Waals surface area (Å²) < 4.78 is 1.40. The maximum Gasteiger partial charge on any atom is -1.00 e. The van der Waals surface area contributed by atoms with Gasteiger partial charge in [0.1, 0.15) is 0 Å². The number of hydrogen-bond donors (Lipinski definition) is 0. The van der Waals surface area contributed by atoms with Gasteiger partial charge in [-0.2, -0.15) is 0 Å². The molecule has 0 heterocycles. The normalized spacial score (nSPS) is 12.9. The van der Waals surface area contributed by atoms with Gasteiger partial charge in [0.15, 0.2) is 0 Å². The second-order valence-corrected chi connectivity index (χ2v) is 8.62. The molecular weight excluding hydrogens is 491 g/mol. The Morgan fingerprint density at radius 3 is 1.66 bits per heavy atom. The van der Waals surface area contributed by atoms with Gasteiger partial charge in [0.05, 0.1) is 0 Å². The number of halogens is 3. The molecule has 32 heavy (non-hydrogen) atoms. The van der Waals surface area contributed by atoms with Crippen molar-refractivity contribution in [1.82, 2.24) is 0 Å².